The van der Waals surface area contributed by atoms with Gasteiger partial charge in [0.25, 0.3) is 11.8 Å². The van der Waals surface area contributed by atoms with Crippen molar-refractivity contribution in [3.05, 3.63) is 35.4 Å². The summed E-state index contributed by atoms with van der Waals surface area (Å²) < 4.78 is 5.19. The van der Waals surface area contributed by atoms with E-state index in [-0.39, 0.29) is 24.0 Å². The Bertz CT molecular complexity index is 744. The predicted octanol–water partition coefficient (Wildman–Crippen LogP) is 2.82. The largest absolute Gasteiger partial charge is 0.444 e. The minimum Gasteiger partial charge on any atom is -0.444 e. The Morgan fingerprint density at radius 1 is 1.00 bits per heavy atom. The fourth-order valence-corrected chi connectivity index (χ4v) is 2.45. The highest BCUT2D eigenvalue weighted by Gasteiger charge is 2.38. The van der Waals surface area contributed by atoms with Gasteiger partial charge in [-0.3, -0.25) is 9.59 Å². The Balaban J connectivity index is 1.88. The lowest BCUT2D eigenvalue weighted by Crippen LogP contribution is -2.46. The monoisotopic (exact) mass is 376 g/mol. The summed E-state index contributed by atoms with van der Waals surface area (Å²) in [5, 5.41) is 3.15. The molecule has 0 fully saturated rings. The van der Waals surface area contributed by atoms with Crippen LogP contribution in [0.1, 0.15) is 68.2 Å². The maximum Gasteiger partial charge on any atom is 0.408 e. The molecule has 1 aromatic rings. The second-order valence-electron chi connectivity index (χ2n) is 7.92. The Labute approximate surface area is 157 Å². The molecule has 0 aliphatic carbocycles. The molecule has 0 atom stereocenters. The summed E-state index contributed by atoms with van der Waals surface area (Å²) in [6.45, 7) is 8.70. The number of fused-ring (bicyclic) bond motifs is 1. The molecule has 0 unspecified atom stereocenters. The Morgan fingerprint density at radius 2 is 1.52 bits per heavy atom. The number of rotatable bonds is 5. The van der Waals surface area contributed by atoms with Crippen molar-refractivity contribution in [2.75, 3.05) is 0 Å². The molecular formula is C19H24N2O6. The van der Waals surface area contributed by atoms with E-state index in [0.29, 0.717) is 5.06 Å². The van der Waals surface area contributed by atoms with Crippen LogP contribution in [0.25, 0.3) is 0 Å². The second kappa shape index (κ2) is 7.38. The van der Waals surface area contributed by atoms with Gasteiger partial charge in [-0.25, -0.2) is 9.59 Å². The summed E-state index contributed by atoms with van der Waals surface area (Å²) in [4.78, 5) is 53.3. The van der Waals surface area contributed by atoms with Gasteiger partial charge in [-0.05, 0) is 53.2 Å². The third-order valence-electron chi connectivity index (χ3n) is 3.74. The fourth-order valence-electron chi connectivity index (χ4n) is 2.45. The average molecular weight is 376 g/mol. The molecule has 1 heterocycles. The summed E-state index contributed by atoms with van der Waals surface area (Å²) in [5.74, 6) is -2.09. The highest BCUT2D eigenvalue weighted by atomic mass is 16.7. The van der Waals surface area contributed by atoms with Crippen LogP contribution in [0.3, 0.4) is 0 Å². The van der Waals surface area contributed by atoms with Gasteiger partial charge in [0.05, 0.1) is 17.5 Å². The first kappa shape index (κ1) is 20.4. The van der Waals surface area contributed by atoms with Crippen molar-refractivity contribution in [1.82, 2.24) is 10.4 Å². The summed E-state index contributed by atoms with van der Waals surface area (Å²) in [5.41, 5.74) is -0.988. The number of benzene rings is 1. The SMILES string of the molecule is CC(C)(CCC(=O)ON1C(=O)c2ccccc2C1=O)NC(=O)OC(C)(C)C. The summed E-state index contributed by atoms with van der Waals surface area (Å²) in [6.07, 6.45) is -0.467. The van der Waals surface area contributed by atoms with Crippen molar-refractivity contribution < 1.29 is 28.8 Å². The number of hydrogen-bond acceptors (Lipinski definition) is 6. The van der Waals surface area contributed by atoms with E-state index in [1.807, 2.05) is 0 Å². The third-order valence-corrected chi connectivity index (χ3v) is 3.74. The van der Waals surface area contributed by atoms with Crippen LogP contribution < -0.4 is 5.32 Å². The molecule has 2 rings (SSSR count). The van der Waals surface area contributed by atoms with Crippen LogP contribution in [0.5, 0.6) is 0 Å². The molecule has 0 bridgehead atoms. The lowest BCUT2D eigenvalue weighted by atomic mass is 9.99. The van der Waals surface area contributed by atoms with Gasteiger partial charge in [0.1, 0.15) is 5.60 Å². The van der Waals surface area contributed by atoms with E-state index in [4.69, 9.17) is 9.57 Å². The maximum absolute atomic E-state index is 12.2. The number of hydrogen-bond donors (Lipinski definition) is 1. The zero-order valence-electron chi connectivity index (χ0n) is 16.1. The van der Waals surface area contributed by atoms with Crippen LogP contribution in [-0.4, -0.2) is 40.1 Å². The molecule has 8 nitrogen and oxygen atoms in total. The molecule has 0 spiro atoms. The number of alkyl carbamates (subject to hydrolysis) is 1. The first-order valence-electron chi connectivity index (χ1n) is 8.59. The van der Waals surface area contributed by atoms with Crippen molar-refractivity contribution in [2.45, 2.75) is 58.6 Å². The topological polar surface area (TPSA) is 102 Å². The van der Waals surface area contributed by atoms with E-state index in [9.17, 15) is 19.2 Å². The molecular weight excluding hydrogens is 352 g/mol. The van der Waals surface area contributed by atoms with Crippen LogP contribution in [-0.2, 0) is 14.4 Å². The van der Waals surface area contributed by atoms with Crippen molar-refractivity contribution in [1.29, 1.82) is 0 Å². The number of carbonyl (C=O) groups excluding carboxylic acids is 4. The molecule has 0 radical (unpaired) electrons. The van der Waals surface area contributed by atoms with Gasteiger partial charge in [0.15, 0.2) is 0 Å². The van der Waals surface area contributed by atoms with Gasteiger partial charge in [0, 0.05) is 5.54 Å². The van der Waals surface area contributed by atoms with E-state index in [1.165, 1.54) is 12.1 Å². The van der Waals surface area contributed by atoms with Crippen LogP contribution >= 0.6 is 0 Å². The molecule has 1 aliphatic rings. The quantitative estimate of drug-likeness (QED) is 0.793. The summed E-state index contributed by atoms with van der Waals surface area (Å²) >= 11 is 0. The molecule has 1 aliphatic heterocycles. The van der Waals surface area contributed by atoms with E-state index in [1.54, 1.807) is 46.8 Å². The van der Waals surface area contributed by atoms with E-state index >= 15 is 0 Å². The molecule has 8 heteroatoms. The molecule has 1 aromatic carbocycles. The number of carbonyl (C=O) groups is 4. The number of ether oxygens (including phenoxy) is 1. The van der Waals surface area contributed by atoms with Crippen LogP contribution in [0, 0.1) is 0 Å². The number of nitrogens with zero attached hydrogens (tertiary/aromatic N) is 1. The smallest absolute Gasteiger partial charge is 0.408 e. The summed E-state index contributed by atoms with van der Waals surface area (Å²) in [6, 6.07) is 6.24. The van der Waals surface area contributed by atoms with Gasteiger partial charge in [-0.1, -0.05) is 17.2 Å². The second-order valence-corrected chi connectivity index (χ2v) is 7.92. The molecule has 27 heavy (non-hydrogen) atoms. The lowest BCUT2D eigenvalue weighted by molar-refractivity contribution is -0.169. The van der Waals surface area contributed by atoms with Crippen molar-refractivity contribution in [3.63, 3.8) is 0 Å². The number of amides is 3. The summed E-state index contributed by atoms with van der Waals surface area (Å²) in [7, 11) is 0. The van der Waals surface area contributed by atoms with Crippen LogP contribution in [0.2, 0.25) is 0 Å². The van der Waals surface area contributed by atoms with Crippen molar-refractivity contribution in [3.8, 4) is 0 Å². The normalized spacial score (nSPS) is 14.0. The minimum absolute atomic E-state index is 0.101. The first-order chi connectivity index (χ1) is 12.4. The zero-order chi connectivity index (χ0) is 20.4. The van der Waals surface area contributed by atoms with Gasteiger partial charge < -0.3 is 14.9 Å². The van der Waals surface area contributed by atoms with E-state index in [0.717, 1.165) is 0 Å². The van der Waals surface area contributed by atoms with Gasteiger partial charge in [-0.15, -0.1) is 0 Å². The lowest BCUT2D eigenvalue weighted by Gasteiger charge is -2.28. The third kappa shape index (κ3) is 5.29. The molecule has 3 amide bonds. The van der Waals surface area contributed by atoms with E-state index in [2.05, 4.69) is 5.32 Å². The van der Waals surface area contributed by atoms with Gasteiger partial charge >= 0.3 is 12.1 Å². The first-order valence-corrected chi connectivity index (χ1v) is 8.59. The van der Waals surface area contributed by atoms with Crippen molar-refractivity contribution >= 4 is 23.9 Å². The number of nitrogens with one attached hydrogen (secondary N) is 1. The predicted molar refractivity (Wildman–Crippen MR) is 95.7 cm³/mol. The standard InChI is InChI=1S/C19H24N2O6/c1-18(2,3)26-17(25)20-19(4,5)11-10-14(22)27-21-15(23)12-8-6-7-9-13(12)16(21)24/h6-9H,10-11H2,1-5H3,(H,20,25). The zero-order valence-corrected chi connectivity index (χ0v) is 16.1. The van der Waals surface area contributed by atoms with Gasteiger partial charge in [0.2, 0.25) is 0 Å². The molecule has 0 saturated heterocycles. The number of imide groups is 1. The molecule has 0 aromatic heterocycles. The molecule has 146 valence electrons. The van der Waals surface area contributed by atoms with Gasteiger partial charge in [-0.2, -0.15) is 0 Å². The van der Waals surface area contributed by atoms with Crippen LogP contribution in [0.15, 0.2) is 24.3 Å². The maximum atomic E-state index is 12.2. The minimum atomic E-state index is -0.747. The molecule has 1 N–H and O–H groups in total. The average Bonchev–Trinajstić information content (AvgIpc) is 2.76. The van der Waals surface area contributed by atoms with E-state index < -0.39 is 35.0 Å². The number of hydroxylamine groups is 2. The highest BCUT2D eigenvalue weighted by Crippen LogP contribution is 2.23. The Kier molecular flexibility index (Phi) is 5.58. The Hall–Kier alpha value is -2.90. The molecule has 0 saturated carbocycles. The van der Waals surface area contributed by atoms with Crippen LogP contribution in [0.4, 0.5) is 4.79 Å². The Morgan fingerprint density at radius 3 is 2.00 bits per heavy atom. The fraction of sp³-hybridized carbons (Fsp3) is 0.474. The van der Waals surface area contributed by atoms with Crippen molar-refractivity contribution in [2.24, 2.45) is 0 Å². The highest BCUT2D eigenvalue weighted by molar-refractivity contribution is 6.20.